The largest absolute Gasteiger partial charge is 0.337 e. The van der Waals surface area contributed by atoms with Gasteiger partial charge in [-0.05, 0) is 48.9 Å². The molecular weight excluding hydrogens is 350 g/mol. The molecule has 2 fully saturated rings. The van der Waals surface area contributed by atoms with E-state index >= 15 is 0 Å². The predicted octanol–water partition coefficient (Wildman–Crippen LogP) is 3.83. The summed E-state index contributed by atoms with van der Waals surface area (Å²) in [7, 11) is 0. The normalized spacial score (nSPS) is 25.6. The van der Waals surface area contributed by atoms with Gasteiger partial charge in [0.15, 0.2) is 0 Å². The van der Waals surface area contributed by atoms with Crippen LogP contribution in [0.25, 0.3) is 20.1 Å². The maximum absolute atomic E-state index is 12.9. The molecule has 5 rings (SSSR count). The van der Waals surface area contributed by atoms with Gasteiger partial charge in [0, 0.05) is 19.1 Å². The van der Waals surface area contributed by atoms with Crippen LogP contribution in [-0.4, -0.2) is 34.9 Å². The molecule has 3 aromatic rings. The van der Waals surface area contributed by atoms with E-state index in [0.29, 0.717) is 11.8 Å². The van der Waals surface area contributed by atoms with Gasteiger partial charge in [-0.15, -0.1) is 22.7 Å². The van der Waals surface area contributed by atoms with Gasteiger partial charge in [-0.25, -0.2) is 4.98 Å². The fourth-order valence-corrected chi connectivity index (χ4v) is 6.17. The summed E-state index contributed by atoms with van der Waals surface area (Å²) in [5.41, 5.74) is 7.21. The summed E-state index contributed by atoms with van der Waals surface area (Å²) in [5.74, 6) is 1.24. The smallest absolute Gasteiger partial charge is 0.263 e. The second-order valence-electron chi connectivity index (χ2n) is 7.03. The van der Waals surface area contributed by atoms with Crippen molar-refractivity contribution < 1.29 is 4.79 Å². The molecule has 0 spiro atoms. The fourth-order valence-electron chi connectivity index (χ4n) is 4.17. The minimum absolute atomic E-state index is 0.152. The van der Waals surface area contributed by atoms with E-state index in [-0.39, 0.29) is 11.9 Å². The molecule has 1 saturated carbocycles. The Morgan fingerprint density at radius 2 is 2.00 bits per heavy atom. The summed E-state index contributed by atoms with van der Waals surface area (Å²) in [6, 6.07) is 12.4. The van der Waals surface area contributed by atoms with E-state index in [1.165, 1.54) is 4.70 Å². The molecule has 2 aliphatic rings. The molecule has 3 unspecified atom stereocenters. The maximum atomic E-state index is 12.9. The Labute approximate surface area is 154 Å². The number of fused-ring (bicyclic) bond motifs is 2. The number of nitrogens with zero attached hydrogens (tertiary/aromatic N) is 2. The Hall–Kier alpha value is -1.76. The number of nitrogens with two attached hydrogens (primary N) is 1. The number of amides is 1. The first-order chi connectivity index (χ1) is 12.2. The number of para-hydroxylation sites is 1. The molecule has 25 heavy (non-hydrogen) atoms. The molecular formula is C19H19N3OS2. The third-order valence-corrected chi connectivity index (χ3v) is 7.80. The van der Waals surface area contributed by atoms with E-state index in [0.717, 1.165) is 46.2 Å². The van der Waals surface area contributed by atoms with Crippen molar-refractivity contribution in [2.45, 2.75) is 18.9 Å². The lowest BCUT2D eigenvalue weighted by Gasteiger charge is -2.17. The molecule has 3 heterocycles. The molecule has 1 amide bonds. The van der Waals surface area contributed by atoms with E-state index in [1.54, 1.807) is 22.7 Å². The first-order valence-corrected chi connectivity index (χ1v) is 10.3. The molecule has 1 aromatic carbocycles. The van der Waals surface area contributed by atoms with Crippen LogP contribution in [0.15, 0.2) is 36.4 Å². The minimum Gasteiger partial charge on any atom is -0.337 e. The van der Waals surface area contributed by atoms with Gasteiger partial charge in [0.05, 0.1) is 20.0 Å². The van der Waals surface area contributed by atoms with E-state index in [2.05, 4.69) is 6.07 Å². The number of thiophene rings is 1. The Morgan fingerprint density at radius 1 is 1.12 bits per heavy atom. The van der Waals surface area contributed by atoms with Crippen molar-refractivity contribution in [2.24, 2.45) is 17.6 Å². The number of benzene rings is 1. The molecule has 1 aliphatic heterocycles. The summed E-state index contributed by atoms with van der Waals surface area (Å²) >= 11 is 3.23. The van der Waals surface area contributed by atoms with Crippen molar-refractivity contribution in [3.63, 3.8) is 0 Å². The number of hydrogen-bond acceptors (Lipinski definition) is 5. The average molecular weight is 370 g/mol. The monoisotopic (exact) mass is 369 g/mol. The molecule has 1 saturated heterocycles. The van der Waals surface area contributed by atoms with Gasteiger partial charge >= 0.3 is 0 Å². The third-order valence-electron chi connectivity index (χ3n) is 5.52. The number of aromatic nitrogens is 1. The van der Waals surface area contributed by atoms with E-state index in [1.807, 2.05) is 35.2 Å². The van der Waals surface area contributed by atoms with Crippen LogP contribution in [-0.2, 0) is 0 Å². The van der Waals surface area contributed by atoms with Crippen molar-refractivity contribution in [3.8, 4) is 9.88 Å². The first-order valence-electron chi connectivity index (χ1n) is 8.69. The quantitative estimate of drug-likeness (QED) is 0.747. The van der Waals surface area contributed by atoms with Gasteiger partial charge < -0.3 is 10.6 Å². The minimum atomic E-state index is 0.152. The number of hydrogen-bond donors (Lipinski definition) is 1. The Kier molecular flexibility index (Phi) is 3.66. The second kappa shape index (κ2) is 5.90. The van der Waals surface area contributed by atoms with E-state index in [9.17, 15) is 4.79 Å². The third kappa shape index (κ3) is 2.60. The Bertz CT molecular complexity index is 914. The number of carbonyl (C=O) groups is 1. The van der Waals surface area contributed by atoms with E-state index in [4.69, 9.17) is 10.7 Å². The molecule has 0 radical (unpaired) electrons. The maximum Gasteiger partial charge on any atom is 0.263 e. The van der Waals surface area contributed by atoms with Gasteiger partial charge in [0.2, 0.25) is 0 Å². The van der Waals surface area contributed by atoms with Crippen molar-refractivity contribution in [1.29, 1.82) is 0 Å². The number of thiazole rings is 1. The second-order valence-corrected chi connectivity index (χ2v) is 9.14. The van der Waals surface area contributed by atoms with Crippen LogP contribution in [0.4, 0.5) is 0 Å². The lowest BCUT2D eigenvalue weighted by Crippen LogP contribution is -2.33. The van der Waals surface area contributed by atoms with Crippen LogP contribution in [0.1, 0.15) is 22.5 Å². The number of rotatable bonds is 2. The topological polar surface area (TPSA) is 59.2 Å². The molecule has 2 N–H and O–H groups in total. The molecule has 3 atom stereocenters. The molecule has 2 aromatic heterocycles. The lowest BCUT2D eigenvalue weighted by molar-refractivity contribution is 0.0784. The standard InChI is InChI=1S/C19H19N3OS2/c20-13-6-5-11-9-22(10-12(11)13)19(23)17-8-7-16(24-17)18-21-14-3-1-2-4-15(14)25-18/h1-4,7-8,11-13H,5-6,9-10,20H2. The summed E-state index contributed by atoms with van der Waals surface area (Å²) in [5, 5.41) is 0.991. The van der Waals surface area contributed by atoms with Crippen molar-refractivity contribution in [3.05, 3.63) is 41.3 Å². The number of carbonyl (C=O) groups excluding carboxylic acids is 1. The van der Waals surface area contributed by atoms with Crippen LogP contribution in [0.5, 0.6) is 0 Å². The van der Waals surface area contributed by atoms with E-state index < -0.39 is 0 Å². The zero-order valence-electron chi connectivity index (χ0n) is 13.7. The summed E-state index contributed by atoms with van der Waals surface area (Å²) < 4.78 is 1.18. The lowest BCUT2D eigenvalue weighted by atomic mass is 9.98. The highest BCUT2D eigenvalue weighted by Crippen LogP contribution is 2.39. The highest BCUT2D eigenvalue weighted by Gasteiger charge is 2.42. The first kappa shape index (κ1) is 15.5. The SMILES string of the molecule is NC1CCC2CN(C(=O)c3ccc(-c4nc5ccccc5s4)s3)CC12. The van der Waals surface area contributed by atoms with Crippen molar-refractivity contribution >= 4 is 38.8 Å². The average Bonchev–Trinajstić information content (AvgIpc) is 3.38. The van der Waals surface area contributed by atoms with Crippen molar-refractivity contribution in [1.82, 2.24) is 9.88 Å². The summed E-state index contributed by atoms with van der Waals surface area (Å²) in [4.78, 5) is 21.5. The van der Waals surface area contributed by atoms with Gasteiger partial charge in [-0.2, -0.15) is 0 Å². The van der Waals surface area contributed by atoms with Crippen LogP contribution in [0.3, 0.4) is 0 Å². The van der Waals surface area contributed by atoms with Gasteiger partial charge in [-0.1, -0.05) is 12.1 Å². The van der Waals surface area contributed by atoms with Crippen LogP contribution < -0.4 is 5.73 Å². The highest BCUT2D eigenvalue weighted by molar-refractivity contribution is 7.26. The summed E-state index contributed by atoms with van der Waals surface area (Å²) in [6.45, 7) is 1.69. The van der Waals surface area contributed by atoms with Gasteiger partial charge in [0.1, 0.15) is 5.01 Å². The Balaban J connectivity index is 1.38. The predicted molar refractivity (Wildman–Crippen MR) is 103 cm³/mol. The zero-order chi connectivity index (χ0) is 17.0. The van der Waals surface area contributed by atoms with Crippen LogP contribution in [0.2, 0.25) is 0 Å². The molecule has 6 heteroatoms. The van der Waals surface area contributed by atoms with Crippen molar-refractivity contribution in [2.75, 3.05) is 13.1 Å². The number of likely N-dealkylation sites (tertiary alicyclic amines) is 1. The van der Waals surface area contributed by atoms with Crippen LogP contribution >= 0.6 is 22.7 Å². The van der Waals surface area contributed by atoms with Gasteiger partial charge in [0.25, 0.3) is 5.91 Å². The van der Waals surface area contributed by atoms with Crippen LogP contribution in [0, 0.1) is 11.8 Å². The Morgan fingerprint density at radius 3 is 2.84 bits per heavy atom. The highest BCUT2D eigenvalue weighted by atomic mass is 32.1. The van der Waals surface area contributed by atoms with Gasteiger partial charge in [-0.3, -0.25) is 4.79 Å². The summed E-state index contributed by atoms with van der Waals surface area (Å²) in [6.07, 6.45) is 2.27. The molecule has 4 nitrogen and oxygen atoms in total. The molecule has 1 aliphatic carbocycles. The molecule has 0 bridgehead atoms. The fraction of sp³-hybridized carbons (Fsp3) is 0.368. The molecule has 128 valence electrons. The zero-order valence-corrected chi connectivity index (χ0v) is 15.4.